The van der Waals surface area contributed by atoms with Crippen LogP contribution in [-0.4, -0.2) is 110 Å². The first-order chi connectivity index (χ1) is 38.2. The van der Waals surface area contributed by atoms with Crippen molar-refractivity contribution in [1.29, 1.82) is 0 Å². The van der Waals surface area contributed by atoms with Crippen molar-refractivity contribution >= 4 is 5.91 Å². The number of aliphatic hydroxyl groups is 7. The average molecular weight is 1110 g/mol. The largest absolute Gasteiger partial charge is 0.394 e. The summed E-state index contributed by atoms with van der Waals surface area (Å²) in [5.41, 5.74) is 0. The summed E-state index contributed by atoms with van der Waals surface area (Å²) in [5.74, 6) is -0.702. The maximum atomic E-state index is 13.2. The molecule has 0 spiro atoms. The van der Waals surface area contributed by atoms with Gasteiger partial charge in [0.05, 0.1) is 25.4 Å². The molecule has 1 aliphatic rings. The molecule has 0 saturated carbocycles. The highest BCUT2D eigenvalue weighted by molar-refractivity contribution is 5.80. The fourth-order valence-electron chi connectivity index (χ4n) is 11.0. The molecular weight excluding hydrogens is 979 g/mol. The van der Waals surface area contributed by atoms with Crippen LogP contribution in [0.5, 0.6) is 0 Å². The van der Waals surface area contributed by atoms with E-state index in [1.807, 2.05) is 0 Å². The van der Waals surface area contributed by atoms with Gasteiger partial charge in [0.25, 0.3) is 0 Å². The van der Waals surface area contributed by atoms with Crippen LogP contribution in [0.25, 0.3) is 0 Å². The summed E-state index contributed by atoms with van der Waals surface area (Å²) in [6.07, 6.45) is 58.2. The minimum absolute atomic E-state index is 0.254. The van der Waals surface area contributed by atoms with E-state index in [2.05, 4.69) is 43.5 Å². The molecule has 11 nitrogen and oxygen atoms in total. The van der Waals surface area contributed by atoms with E-state index in [-0.39, 0.29) is 12.8 Å². The van der Waals surface area contributed by atoms with Crippen LogP contribution in [0.3, 0.4) is 0 Å². The molecular formula is C67H129NO10. The molecule has 1 aliphatic heterocycles. The van der Waals surface area contributed by atoms with Gasteiger partial charge in [-0.2, -0.15) is 0 Å². The molecule has 9 atom stereocenters. The van der Waals surface area contributed by atoms with E-state index >= 15 is 0 Å². The fraction of sp³-hybridized carbons (Fsp3) is 0.925. The van der Waals surface area contributed by atoms with Crippen LogP contribution in [0.2, 0.25) is 0 Å². The zero-order valence-corrected chi connectivity index (χ0v) is 50.9. The van der Waals surface area contributed by atoms with Gasteiger partial charge < -0.3 is 50.5 Å². The summed E-state index contributed by atoms with van der Waals surface area (Å²) >= 11 is 0. The number of hydrogen-bond donors (Lipinski definition) is 8. The average Bonchev–Trinajstić information content (AvgIpc) is 3.46. The molecule has 9 unspecified atom stereocenters. The Labute approximate surface area is 480 Å². The number of allylic oxidation sites excluding steroid dienone is 4. The van der Waals surface area contributed by atoms with Gasteiger partial charge in [0, 0.05) is 0 Å². The fourth-order valence-corrected chi connectivity index (χ4v) is 11.0. The molecule has 8 N–H and O–H groups in total. The molecule has 0 bridgehead atoms. The smallest absolute Gasteiger partial charge is 0.249 e. The Balaban J connectivity index is 2.24. The van der Waals surface area contributed by atoms with Crippen LogP contribution < -0.4 is 5.32 Å². The lowest BCUT2D eigenvalue weighted by Crippen LogP contribution is -2.60. The molecule has 0 aromatic carbocycles. The molecule has 462 valence electrons. The van der Waals surface area contributed by atoms with Crippen LogP contribution in [0, 0.1) is 0 Å². The zero-order valence-electron chi connectivity index (χ0n) is 50.9. The van der Waals surface area contributed by atoms with Gasteiger partial charge in [-0.25, -0.2) is 0 Å². The molecule has 0 aliphatic carbocycles. The first-order valence-corrected chi connectivity index (χ1v) is 33.7. The van der Waals surface area contributed by atoms with E-state index in [9.17, 15) is 40.5 Å². The number of unbranched alkanes of at least 4 members (excludes halogenated alkanes) is 43. The van der Waals surface area contributed by atoms with Crippen LogP contribution in [0.1, 0.15) is 328 Å². The van der Waals surface area contributed by atoms with Gasteiger partial charge >= 0.3 is 0 Å². The van der Waals surface area contributed by atoms with Gasteiger partial charge in [-0.3, -0.25) is 4.79 Å². The third kappa shape index (κ3) is 43.3. The lowest BCUT2D eigenvalue weighted by molar-refractivity contribution is -0.303. The number of rotatable bonds is 59. The molecule has 11 heteroatoms. The number of amides is 1. The van der Waals surface area contributed by atoms with Gasteiger partial charge in [-0.05, 0) is 64.2 Å². The number of ether oxygens (including phenoxy) is 2. The van der Waals surface area contributed by atoms with Crippen LogP contribution in [0.15, 0.2) is 24.3 Å². The topological polar surface area (TPSA) is 189 Å². The predicted octanol–water partition coefficient (Wildman–Crippen LogP) is 15.6. The summed E-state index contributed by atoms with van der Waals surface area (Å²) in [4.78, 5) is 13.2. The molecule has 0 aromatic heterocycles. The van der Waals surface area contributed by atoms with Crippen molar-refractivity contribution in [2.24, 2.45) is 0 Å². The molecule has 1 fully saturated rings. The molecule has 1 saturated heterocycles. The third-order valence-corrected chi connectivity index (χ3v) is 16.5. The summed E-state index contributed by atoms with van der Waals surface area (Å²) in [7, 11) is 0. The Bertz CT molecular complexity index is 1320. The highest BCUT2D eigenvalue weighted by Gasteiger charge is 2.44. The minimum Gasteiger partial charge on any atom is -0.394 e. The number of aliphatic hydroxyl groups excluding tert-OH is 7. The first-order valence-electron chi connectivity index (χ1n) is 33.7. The summed E-state index contributed by atoms with van der Waals surface area (Å²) in [5, 5.41) is 76.4. The zero-order chi connectivity index (χ0) is 56.8. The predicted molar refractivity (Wildman–Crippen MR) is 326 cm³/mol. The Morgan fingerprint density at radius 3 is 1.10 bits per heavy atom. The van der Waals surface area contributed by atoms with Crippen LogP contribution in [0.4, 0.5) is 0 Å². The minimum atomic E-state index is -1.67. The second-order valence-corrected chi connectivity index (χ2v) is 23.9. The van der Waals surface area contributed by atoms with Crippen molar-refractivity contribution < 1.29 is 50.0 Å². The second-order valence-electron chi connectivity index (χ2n) is 23.9. The van der Waals surface area contributed by atoms with Crippen LogP contribution >= 0.6 is 0 Å². The number of nitrogens with one attached hydrogen (secondary N) is 1. The number of carbonyl (C=O) groups excluding carboxylic acids is 1. The molecule has 1 heterocycles. The highest BCUT2D eigenvalue weighted by atomic mass is 16.7. The Kier molecular flexibility index (Phi) is 53.6. The van der Waals surface area contributed by atoms with Crippen molar-refractivity contribution in [2.45, 2.75) is 384 Å². The number of carbonyl (C=O) groups is 1. The SMILES string of the molecule is CCCCCCCCCCCCCC/C=C\CCCCCCCCCCCCC(O)C(=O)NC(COC1OC(CO)C(O)C(O)C1O)C(O)C(O)CCC/C=C/CCCCCCCCCCCCCCCCCCCCCC. The van der Waals surface area contributed by atoms with Gasteiger partial charge in [0.1, 0.15) is 36.6 Å². The standard InChI is InChI=1S/C67H129NO10/c1-3-5-7-9-11-13-15-17-19-21-23-25-27-29-31-33-35-37-39-41-43-45-47-49-51-53-55-60(71)66(76)68-58(57-77-67-65(75)64(74)63(73)61(56-69)78-67)62(72)59(70)54-52-50-48-46-44-42-40-38-36-34-32-30-28-26-24-22-20-18-16-14-12-10-8-6-4-2/h29,31,46,48,58-65,67,69-75H,3-28,30,32-45,47,49-57H2,1-2H3,(H,68,76)/b31-29-,48-46+. The molecule has 0 aromatic rings. The monoisotopic (exact) mass is 1110 g/mol. The lowest BCUT2D eigenvalue weighted by atomic mass is 9.98. The normalized spacial score (nSPS) is 19.5. The van der Waals surface area contributed by atoms with Gasteiger partial charge in [-0.15, -0.1) is 0 Å². The van der Waals surface area contributed by atoms with E-state index < -0.39 is 74.2 Å². The molecule has 0 radical (unpaired) electrons. The maximum absolute atomic E-state index is 13.2. The highest BCUT2D eigenvalue weighted by Crippen LogP contribution is 2.24. The molecule has 1 amide bonds. The van der Waals surface area contributed by atoms with Crippen LogP contribution in [-0.2, 0) is 14.3 Å². The first kappa shape index (κ1) is 74.6. The van der Waals surface area contributed by atoms with E-state index in [1.54, 1.807) is 0 Å². The van der Waals surface area contributed by atoms with Gasteiger partial charge in [-0.1, -0.05) is 289 Å². The van der Waals surface area contributed by atoms with Crippen molar-refractivity contribution in [2.75, 3.05) is 13.2 Å². The van der Waals surface area contributed by atoms with Crippen molar-refractivity contribution in [1.82, 2.24) is 5.32 Å². The number of hydrogen-bond acceptors (Lipinski definition) is 10. The lowest BCUT2D eigenvalue weighted by Gasteiger charge is -2.40. The summed E-state index contributed by atoms with van der Waals surface area (Å²) in [6, 6.07) is -1.19. The Morgan fingerprint density at radius 1 is 0.436 bits per heavy atom. The quantitative estimate of drug-likeness (QED) is 0.0215. The van der Waals surface area contributed by atoms with Crippen molar-refractivity contribution in [3.05, 3.63) is 24.3 Å². The second kappa shape index (κ2) is 56.1. The Hall–Kier alpha value is -1.41. The van der Waals surface area contributed by atoms with Gasteiger partial charge in [0.15, 0.2) is 6.29 Å². The van der Waals surface area contributed by atoms with E-state index in [0.717, 1.165) is 38.5 Å². The molecule has 1 rings (SSSR count). The molecule has 78 heavy (non-hydrogen) atoms. The van der Waals surface area contributed by atoms with E-state index in [0.29, 0.717) is 12.8 Å². The Morgan fingerprint density at radius 2 is 0.756 bits per heavy atom. The summed E-state index contributed by atoms with van der Waals surface area (Å²) in [6.45, 7) is 3.50. The van der Waals surface area contributed by atoms with Crippen molar-refractivity contribution in [3.63, 3.8) is 0 Å². The van der Waals surface area contributed by atoms with Gasteiger partial charge in [0.2, 0.25) is 5.91 Å². The third-order valence-electron chi connectivity index (χ3n) is 16.5. The maximum Gasteiger partial charge on any atom is 0.249 e. The van der Waals surface area contributed by atoms with E-state index in [4.69, 9.17) is 9.47 Å². The van der Waals surface area contributed by atoms with Crippen molar-refractivity contribution in [3.8, 4) is 0 Å². The summed E-state index contributed by atoms with van der Waals surface area (Å²) < 4.78 is 11.2. The van der Waals surface area contributed by atoms with E-state index in [1.165, 1.54) is 250 Å².